The highest BCUT2D eigenvalue weighted by Gasteiger charge is 2.23. The Kier molecular flexibility index (Phi) is 4.05. The number of benzene rings is 2. The summed E-state index contributed by atoms with van der Waals surface area (Å²) < 4.78 is 29.0. The second kappa shape index (κ2) is 5.82. The zero-order valence-corrected chi connectivity index (χ0v) is 14.0. The summed E-state index contributed by atoms with van der Waals surface area (Å²) in [6.45, 7) is 0. The Morgan fingerprint density at radius 1 is 1.14 bits per heavy atom. The third kappa shape index (κ3) is 3.30. The third-order valence-corrected chi connectivity index (χ3v) is 5.72. The first-order chi connectivity index (χ1) is 10.0. The van der Waals surface area contributed by atoms with E-state index in [9.17, 15) is 8.42 Å². The van der Waals surface area contributed by atoms with Gasteiger partial charge in [-0.3, -0.25) is 0 Å². The van der Waals surface area contributed by atoms with Crippen LogP contribution in [0.1, 0.15) is 0 Å². The van der Waals surface area contributed by atoms with Crippen LogP contribution < -0.4 is 5.32 Å². The topological polar surface area (TPSA) is 58.5 Å². The van der Waals surface area contributed by atoms with E-state index in [1.165, 1.54) is 11.8 Å². The number of hydrogen-bond acceptors (Lipinski definition) is 4. The number of nitrogens with one attached hydrogen (secondary N) is 1. The largest absolute Gasteiger partial charge is 0.341 e. The van der Waals surface area contributed by atoms with Crippen LogP contribution in [0.15, 0.2) is 67.2 Å². The Balaban J connectivity index is 1.81. The Morgan fingerprint density at radius 2 is 1.95 bits per heavy atom. The van der Waals surface area contributed by atoms with Gasteiger partial charge in [0.05, 0.1) is 11.4 Å². The van der Waals surface area contributed by atoms with Gasteiger partial charge in [0.25, 0.3) is 10.0 Å². The van der Waals surface area contributed by atoms with Gasteiger partial charge in [0.2, 0.25) is 0 Å². The molecule has 1 aliphatic rings. The molecule has 0 aliphatic carbocycles. The van der Waals surface area contributed by atoms with Crippen molar-refractivity contribution in [1.29, 1.82) is 0 Å². The van der Waals surface area contributed by atoms with Crippen LogP contribution in [0.5, 0.6) is 0 Å². The predicted octanol–water partition coefficient (Wildman–Crippen LogP) is 3.75. The Bertz CT molecular complexity index is 819. The van der Waals surface area contributed by atoms with Crippen LogP contribution in [0, 0.1) is 0 Å². The quantitative estimate of drug-likeness (QED) is 0.821. The van der Waals surface area contributed by atoms with Gasteiger partial charge in [0.1, 0.15) is 10.7 Å². The molecule has 7 heteroatoms. The second-order valence-electron chi connectivity index (χ2n) is 4.38. The number of amidine groups is 1. The van der Waals surface area contributed by atoms with Gasteiger partial charge in [-0.15, -0.1) is 16.2 Å². The molecule has 0 saturated heterocycles. The van der Waals surface area contributed by atoms with E-state index in [2.05, 4.69) is 25.6 Å². The van der Waals surface area contributed by atoms with E-state index in [1.807, 2.05) is 24.3 Å². The summed E-state index contributed by atoms with van der Waals surface area (Å²) in [6, 6.07) is 14.6. The maximum Gasteiger partial charge on any atom is 0.286 e. The molecule has 108 valence electrons. The zero-order chi connectivity index (χ0) is 14.9. The minimum absolute atomic E-state index is 0.223. The van der Waals surface area contributed by atoms with Crippen LogP contribution in [-0.2, 0) is 10.0 Å². The molecule has 0 fully saturated rings. The number of fused-ring (bicyclic) bond motifs is 1. The van der Waals surface area contributed by atoms with Gasteiger partial charge in [0, 0.05) is 9.37 Å². The number of hydrogen-bond donors (Lipinski definition) is 1. The van der Waals surface area contributed by atoms with Crippen molar-refractivity contribution in [3.05, 3.63) is 53.0 Å². The summed E-state index contributed by atoms with van der Waals surface area (Å²) in [6.07, 6.45) is 0. The zero-order valence-electron chi connectivity index (χ0n) is 10.8. The van der Waals surface area contributed by atoms with Crippen LogP contribution in [-0.4, -0.2) is 20.0 Å². The van der Waals surface area contributed by atoms with Crippen LogP contribution >= 0.6 is 27.7 Å². The molecule has 1 heterocycles. The average Bonchev–Trinajstić information content (AvgIpc) is 2.45. The van der Waals surface area contributed by atoms with Crippen LogP contribution in [0.25, 0.3) is 0 Å². The highest BCUT2D eigenvalue weighted by Crippen LogP contribution is 2.28. The molecular weight excluding hydrogens is 372 g/mol. The van der Waals surface area contributed by atoms with Gasteiger partial charge >= 0.3 is 0 Å². The maximum atomic E-state index is 12.1. The second-order valence-corrected chi connectivity index (χ2v) is 7.92. The SMILES string of the molecule is O=S1(=O)N=C(CSc2cccc(Br)c2)Nc2ccccc21. The summed E-state index contributed by atoms with van der Waals surface area (Å²) in [7, 11) is -3.60. The molecule has 0 aromatic heterocycles. The smallest absolute Gasteiger partial charge is 0.286 e. The number of rotatable bonds is 3. The van der Waals surface area contributed by atoms with Crippen LogP contribution in [0.3, 0.4) is 0 Å². The molecule has 0 bridgehead atoms. The molecule has 2 aromatic rings. The lowest BCUT2D eigenvalue weighted by molar-refractivity contribution is 0.598. The fourth-order valence-electron chi connectivity index (χ4n) is 1.94. The molecule has 21 heavy (non-hydrogen) atoms. The van der Waals surface area contributed by atoms with Crippen LogP contribution in [0.4, 0.5) is 5.69 Å². The Morgan fingerprint density at radius 3 is 2.76 bits per heavy atom. The third-order valence-electron chi connectivity index (χ3n) is 2.85. The van der Waals surface area contributed by atoms with E-state index in [0.717, 1.165) is 9.37 Å². The number of para-hydroxylation sites is 1. The molecule has 2 aromatic carbocycles. The van der Waals surface area contributed by atoms with Crippen molar-refractivity contribution < 1.29 is 8.42 Å². The van der Waals surface area contributed by atoms with Gasteiger partial charge in [-0.25, -0.2) is 0 Å². The lowest BCUT2D eigenvalue weighted by Crippen LogP contribution is -2.23. The number of thioether (sulfide) groups is 1. The van der Waals surface area contributed by atoms with E-state index < -0.39 is 10.0 Å². The normalized spacial score (nSPS) is 15.8. The highest BCUT2D eigenvalue weighted by molar-refractivity contribution is 9.10. The summed E-state index contributed by atoms with van der Waals surface area (Å²) >= 11 is 4.94. The molecule has 0 spiro atoms. The monoisotopic (exact) mass is 382 g/mol. The van der Waals surface area contributed by atoms with Gasteiger partial charge in [-0.1, -0.05) is 34.1 Å². The molecule has 0 unspecified atom stereocenters. The van der Waals surface area contributed by atoms with Gasteiger partial charge in [-0.2, -0.15) is 8.42 Å². The summed E-state index contributed by atoms with van der Waals surface area (Å²) in [5.74, 6) is 0.906. The van der Waals surface area contributed by atoms with E-state index in [0.29, 0.717) is 17.3 Å². The average molecular weight is 383 g/mol. The molecule has 1 N–H and O–H groups in total. The van der Waals surface area contributed by atoms with Gasteiger partial charge in [0.15, 0.2) is 0 Å². The molecular formula is C14H11BrN2O2S2. The van der Waals surface area contributed by atoms with E-state index in [1.54, 1.807) is 24.3 Å². The Hall–Kier alpha value is -1.31. The summed E-state index contributed by atoms with van der Waals surface area (Å²) in [5, 5.41) is 3.08. The van der Waals surface area contributed by atoms with E-state index >= 15 is 0 Å². The molecule has 0 saturated carbocycles. The molecule has 0 radical (unpaired) electrons. The standard InChI is InChI=1S/C14H11BrN2O2S2/c15-10-4-3-5-11(8-10)20-9-14-16-12-6-1-2-7-13(12)21(18,19)17-14/h1-8H,9H2,(H,16,17). The number of sulfonamides is 1. The summed E-state index contributed by atoms with van der Waals surface area (Å²) in [5.41, 5.74) is 0.581. The highest BCUT2D eigenvalue weighted by atomic mass is 79.9. The lowest BCUT2D eigenvalue weighted by Gasteiger charge is -2.17. The van der Waals surface area contributed by atoms with E-state index in [-0.39, 0.29) is 4.90 Å². The van der Waals surface area contributed by atoms with Crippen molar-refractivity contribution in [1.82, 2.24) is 0 Å². The van der Waals surface area contributed by atoms with Crippen molar-refractivity contribution in [2.75, 3.05) is 11.1 Å². The molecule has 0 atom stereocenters. The molecule has 0 amide bonds. The number of halogens is 1. The Labute approximate surface area is 135 Å². The molecule has 4 nitrogen and oxygen atoms in total. The van der Waals surface area contributed by atoms with Crippen molar-refractivity contribution in [2.45, 2.75) is 9.79 Å². The van der Waals surface area contributed by atoms with Gasteiger partial charge in [-0.05, 0) is 30.3 Å². The maximum absolute atomic E-state index is 12.1. The molecule has 3 rings (SSSR count). The van der Waals surface area contributed by atoms with Crippen molar-refractivity contribution in [3.8, 4) is 0 Å². The lowest BCUT2D eigenvalue weighted by atomic mass is 10.3. The first-order valence-corrected chi connectivity index (χ1v) is 9.35. The number of anilines is 1. The van der Waals surface area contributed by atoms with Gasteiger partial charge < -0.3 is 5.32 Å². The minimum atomic E-state index is -3.60. The predicted molar refractivity (Wildman–Crippen MR) is 89.6 cm³/mol. The molecule has 1 aliphatic heterocycles. The summed E-state index contributed by atoms with van der Waals surface area (Å²) in [4.78, 5) is 1.27. The van der Waals surface area contributed by atoms with E-state index in [4.69, 9.17) is 0 Å². The minimum Gasteiger partial charge on any atom is -0.341 e. The first-order valence-electron chi connectivity index (χ1n) is 6.13. The van der Waals surface area contributed by atoms with Crippen LogP contribution in [0.2, 0.25) is 0 Å². The van der Waals surface area contributed by atoms with Crippen molar-refractivity contribution in [3.63, 3.8) is 0 Å². The van der Waals surface area contributed by atoms with Crippen molar-refractivity contribution in [2.24, 2.45) is 4.40 Å². The van der Waals surface area contributed by atoms with Crippen molar-refractivity contribution >= 4 is 49.2 Å². The fraction of sp³-hybridized carbons (Fsp3) is 0.0714. The first kappa shape index (κ1) is 14.6. The fourth-order valence-corrected chi connectivity index (χ4v) is 4.54. The number of nitrogens with zero attached hydrogens (tertiary/aromatic N) is 1.